The highest BCUT2D eigenvalue weighted by Crippen LogP contribution is 2.36. The average molecular weight is 286 g/mol. The van der Waals surface area contributed by atoms with Crippen molar-refractivity contribution in [2.24, 2.45) is 5.73 Å². The van der Waals surface area contributed by atoms with Gasteiger partial charge in [-0.2, -0.15) is 0 Å². The van der Waals surface area contributed by atoms with Crippen LogP contribution in [-0.4, -0.2) is 11.7 Å². The van der Waals surface area contributed by atoms with Gasteiger partial charge in [0.25, 0.3) is 0 Å². The maximum absolute atomic E-state index is 10.3. The fourth-order valence-electron chi connectivity index (χ4n) is 1.93. The average Bonchev–Trinajstić information content (AvgIpc) is 2.78. The molecule has 5 heteroatoms. The van der Waals surface area contributed by atoms with E-state index in [1.807, 2.05) is 18.2 Å². The first-order valence-corrected chi connectivity index (χ1v) is 6.26. The molecular formula is C13H13Cl2NO2. The van der Waals surface area contributed by atoms with E-state index in [-0.39, 0.29) is 17.7 Å². The molecule has 0 saturated heterocycles. The summed E-state index contributed by atoms with van der Waals surface area (Å²) in [5.74, 6) is -0.325. The number of rotatable bonds is 4. The van der Waals surface area contributed by atoms with Gasteiger partial charge in [0.2, 0.25) is 0 Å². The number of nitrogens with two attached hydrogens (primary N) is 1. The normalized spacial score (nSPS) is 14.4. The van der Waals surface area contributed by atoms with E-state index >= 15 is 0 Å². The minimum Gasteiger partial charge on any atom is -0.453 e. The van der Waals surface area contributed by atoms with E-state index in [1.165, 1.54) is 6.26 Å². The molecule has 0 aliphatic heterocycles. The largest absolute Gasteiger partial charge is 0.453 e. The van der Waals surface area contributed by atoms with Crippen molar-refractivity contribution in [1.82, 2.24) is 0 Å². The lowest BCUT2D eigenvalue weighted by atomic mass is 9.90. The predicted molar refractivity (Wildman–Crippen MR) is 71.9 cm³/mol. The lowest BCUT2D eigenvalue weighted by Gasteiger charge is -2.22. The summed E-state index contributed by atoms with van der Waals surface area (Å²) in [4.78, 5) is 0. The van der Waals surface area contributed by atoms with E-state index in [0.717, 1.165) is 5.56 Å². The van der Waals surface area contributed by atoms with Crippen molar-refractivity contribution in [2.45, 2.75) is 12.0 Å². The number of furan rings is 1. The fraction of sp³-hybridized carbons (Fsp3) is 0.231. The summed E-state index contributed by atoms with van der Waals surface area (Å²) in [7, 11) is 0. The van der Waals surface area contributed by atoms with Crippen LogP contribution in [0.3, 0.4) is 0 Å². The fourth-order valence-corrected chi connectivity index (χ4v) is 2.44. The molecule has 3 nitrogen and oxygen atoms in total. The van der Waals surface area contributed by atoms with E-state index in [0.29, 0.717) is 10.6 Å². The number of benzene rings is 1. The zero-order valence-electron chi connectivity index (χ0n) is 9.51. The van der Waals surface area contributed by atoms with E-state index in [9.17, 15) is 5.11 Å². The number of hydrogen-bond donors (Lipinski definition) is 2. The molecule has 18 heavy (non-hydrogen) atoms. The van der Waals surface area contributed by atoms with Crippen molar-refractivity contribution in [3.63, 3.8) is 0 Å². The lowest BCUT2D eigenvalue weighted by molar-refractivity contribution is 0.147. The number of halogens is 2. The standard InChI is InChI=1S/C13H13Cl2NO2/c14-11-4-2-1-3-8(11)10(7-16)12(17)9-5-6-18-13(9)15/h1-6,10,12,17H,7,16H2. The Hall–Kier alpha value is -1.00. The Morgan fingerprint density at radius 2 is 1.89 bits per heavy atom. The number of hydrogen-bond acceptors (Lipinski definition) is 3. The molecule has 2 unspecified atom stereocenters. The first kappa shape index (κ1) is 13.4. The van der Waals surface area contributed by atoms with Gasteiger partial charge in [0.15, 0.2) is 5.22 Å². The van der Waals surface area contributed by atoms with Crippen LogP contribution in [0.5, 0.6) is 0 Å². The first-order chi connectivity index (χ1) is 8.65. The molecule has 3 N–H and O–H groups in total. The second-order valence-electron chi connectivity index (χ2n) is 3.96. The molecule has 0 amide bonds. The van der Waals surface area contributed by atoms with Crippen molar-refractivity contribution >= 4 is 23.2 Å². The SMILES string of the molecule is NCC(c1ccccc1Cl)C(O)c1ccoc1Cl. The van der Waals surface area contributed by atoms with E-state index in [2.05, 4.69) is 0 Å². The van der Waals surface area contributed by atoms with Crippen LogP contribution in [0.4, 0.5) is 0 Å². The molecule has 0 radical (unpaired) electrons. The molecular weight excluding hydrogens is 273 g/mol. The highest BCUT2D eigenvalue weighted by molar-refractivity contribution is 6.31. The van der Waals surface area contributed by atoms with Gasteiger partial charge < -0.3 is 15.3 Å². The summed E-state index contributed by atoms with van der Waals surface area (Å²) in [6.07, 6.45) is 0.585. The van der Waals surface area contributed by atoms with E-state index < -0.39 is 6.10 Å². The van der Waals surface area contributed by atoms with Gasteiger partial charge in [0, 0.05) is 23.0 Å². The van der Waals surface area contributed by atoms with Crippen LogP contribution in [0, 0.1) is 0 Å². The number of aliphatic hydroxyl groups excluding tert-OH is 1. The van der Waals surface area contributed by atoms with Gasteiger partial charge in [-0.1, -0.05) is 29.8 Å². The van der Waals surface area contributed by atoms with Crippen LogP contribution < -0.4 is 5.73 Å². The smallest absolute Gasteiger partial charge is 0.198 e. The second-order valence-corrected chi connectivity index (χ2v) is 4.71. The van der Waals surface area contributed by atoms with Gasteiger partial charge in [-0.15, -0.1) is 0 Å². The van der Waals surface area contributed by atoms with Gasteiger partial charge in [0.05, 0.1) is 12.4 Å². The van der Waals surface area contributed by atoms with Crippen molar-refractivity contribution in [3.05, 3.63) is 58.0 Å². The molecule has 0 bridgehead atoms. The maximum Gasteiger partial charge on any atom is 0.198 e. The maximum atomic E-state index is 10.3. The van der Waals surface area contributed by atoms with E-state index in [1.54, 1.807) is 12.1 Å². The highest BCUT2D eigenvalue weighted by Gasteiger charge is 2.26. The van der Waals surface area contributed by atoms with Crippen molar-refractivity contribution in [2.75, 3.05) is 6.54 Å². The molecule has 96 valence electrons. The van der Waals surface area contributed by atoms with Gasteiger partial charge in [-0.25, -0.2) is 0 Å². The Bertz CT molecular complexity index is 527. The molecule has 1 heterocycles. The lowest BCUT2D eigenvalue weighted by Crippen LogP contribution is -2.20. The summed E-state index contributed by atoms with van der Waals surface area (Å²) in [6, 6.07) is 8.93. The zero-order chi connectivity index (χ0) is 13.1. The summed E-state index contributed by atoms with van der Waals surface area (Å²) in [5.41, 5.74) is 7.06. The third-order valence-corrected chi connectivity index (χ3v) is 3.56. The van der Waals surface area contributed by atoms with E-state index in [4.69, 9.17) is 33.4 Å². The molecule has 2 atom stereocenters. The molecule has 0 saturated carbocycles. The van der Waals surface area contributed by atoms with Gasteiger partial charge in [0.1, 0.15) is 0 Å². The topological polar surface area (TPSA) is 59.4 Å². The van der Waals surface area contributed by atoms with Crippen LogP contribution in [0.25, 0.3) is 0 Å². The van der Waals surface area contributed by atoms with Crippen LogP contribution in [0.2, 0.25) is 10.2 Å². The molecule has 0 aliphatic rings. The minimum absolute atomic E-state index is 0.174. The summed E-state index contributed by atoms with van der Waals surface area (Å²) in [5, 5.41) is 11.1. The predicted octanol–water partition coefficient (Wildman–Crippen LogP) is 3.36. The Morgan fingerprint density at radius 3 is 2.44 bits per heavy atom. The van der Waals surface area contributed by atoms with Crippen LogP contribution in [0.1, 0.15) is 23.1 Å². The summed E-state index contributed by atoms with van der Waals surface area (Å²) in [6.45, 7) is 0.256. The molecule has 1 aromatic heterocycles. The summed E-state index contributed by atoms with van der Waals surface area (Å²) < 4.78 is 4.98. The Balaban J connectivity index is 2.35. The molecule has 0 fully saturated rings. The third-order valence-electron chi connectivity index (χ3n) is 2.90. The number of aliphatic hydroxyl groups is 1. The van der Waals surface area contributed by atoms with Gasteiger partial charge in [-0.3, -0.25) is 0 Å². The minimum atomic E-state index is -0.846. The molecule has 2 aromatic rings. The molecule has 0 spiro atoms. The molecule has 2 rings (SSSR count). The molecule has 1 aromatic carbocycles. The van der Waals surface area contributed by atoms with Gasteiger partial charge >= 0.3 is 0 Å². The van der Waals surface area contributed by atoms with Crippen molar-refractivity contribution in [3.8, 4) is 0 Å². The van der Waals surface area contributed by atoms with Crippen LogP contribution in [-0.2, 0) is 0 Å². The zero-order valence-corrected chi connectivity index (χ0v) is 11.0. The van der Waals surface area contributed by atoms with Crippen molar-refractivity contribution in [1.29, 1.82) is 0 Å². The summed E-state index contributed by atoms with van der Waals surface area (Å²) >= 11 is 12.0. The van der Waals surface area contributed by atoms with Crippen LogP contribution in [0.15, 0.2) is 41.0 Å². The monoisotopic (exact) mass is 285 g/mol. The highest BCUT2D eigenvalue weighted by atomic mass is 35.5. The van der Waals surface area contributed by atoms with Gasteiger partial charge in [-0.05, 0) is 29.3 Å². The van der Waals surface area contributed by atoms with Crippen LogP contribution >= 0.6 is 23.2 Å². The third kappa shape index (κ3) is 2.54. The van der Waals surface area contributed by atoms with Crippen molar-refractivity contribution < 1.29 is 9.52 Å². The first-order valence-electron chi connectivity index (χ1n) is 5.50. The second kappa shape index (κ2) is 5.76. The Labute approximate surface area is 115 Å². The molecule has 0 aliphatic carbocycles. The Kier molecular flexibility index (Phi) is 4.30. The Morgan fingerprint density at radius 1 is 1.17 bits per heavy atom. The quantitative estimate of drug-likeness (QED) is 0.906.